The average molecular weight is 233 g/mol. The molecular formula is C14H23N3. The molecule has 17 heavy (non-hydrogen) atoms. The van der Waals surface area contributed by atoms with E-state index >= 15 is 0 Å². The van der Waals surface area contributed by atoms with Crippen molar-refractivity contribution in [1.82, 2.24) is 9.88 Å². The Morgan fingerprint density at radius 3 is 3.00 bits per heavy atom. The predicted molar refractivity (Wildman–Crippen MR) is 72.3 cm³/mol. The lowest BCUT2D eigenvalue weighted by Crippen LogP contribution is -2.29. The van der Waals surface area contributed by atoms with E-state index in [9.17, 15) is 0 Å². The van der Waals surface area contributed by atoms with Crippen molar-refractivity contribution in [1.29, 1.82) is 0 Å². The monoisotopic (exact) mass is 233 g/mol. The zero-order valence-electron chi connectivity index (χ0n) is 11.1. The smallest absolute Gasteiger partial charge is 0.0393 e. The van der Waals surface area contributed by atoms with Gasteiger partial charge in [-0.2, -0.15) is 0 Å². The van der Waals surface area contributed by atoms with Gasteiger partial charge in [-0.1, -0.05) is 0 Å². The molecule has 1 atom stereocenters. The second kappa shape index (κ2) is 5.50. The molecule has 0 spiro atoms. The maximum atomic E-state index is 4.21. The number of aromatic nitrogens is 1. The van der Waals surface area contributed by atoms with Gasteiger partial charge in [0.25, 0.3) is 0 Å². The summed E-state index contributed by atoms with van der Waals surface area (Å²) in [5.74, 6) is 0.783. The van der Waals surface area contributed by atoms with Crippen molar-refractivity contribution in [2.45, 2.75) is 33.2 Å². The van der Waals surface area contributed by atoms with Crippen LogP contribution in [0.25, 0.3) is 0 Å². The van der Waals surface area contributed by atoms with Crippen LogP contribution in [0.1, 0.15) is 26.0 Å². The number of hydrogen-bond donors (Lipinski definition) is 1. The van der Waals surface area contributed by atoms with E-state index in [2.05, 4.69) is 35.1 Å². The molecule has 0 aromatic carbocycles. The molecule has 0 amide bonds. The molecule has 1 fully saturated rings. The van der Waals surface area contributed by atoms with E-state index in [0.717, 1.165) is 18.2 Å². The van der Waals surface area contributed by atoms with Crippen molar-refractivity contribution in [3.05, 3.63) is 24.0 Å². The van der Waals surface area contributed by atoms with E-state index in [4.69, 9.17) is 0 Å². The summed E-state index contributed by atoms with van der Waals surface area (Å²) in [4.78, 5) is 6.77. The van der Waals surface area contributed by atoms with Crippen LogP contribution in [0.5, 0.6) is 0 Å². The minimum absolute atomic E-state index is 0.683. The van der Waals surface area contributed by atoms with Crippen molar-refractivity contribution in [2.75, 3.05) is 25.0 Å². The van der Waals surface area contributed by atoms with Crippen molar-refractivity contribution in [3.63, 3.8) is 0 Å². The molecule has 1 aromatic heterocycles. The Morgan fingerprint density at radius 1 is 1.53 bits per heavy atom. The van der Waals surface area contributed by atoms with Crippen LogP contribution in [0.4, 0.5) is 5.69 Å². The highest BCUT2D eigenvalue weighted by molar-refractivity contribution is 5.42. The fraction of sp³-hybridized carbons (Fsp3) is 0.643. The number of hydrogen-bond acceptors (Lipinski definition) is 3. The van der Waals surface area contributed by atoms with Gasteiger partial charge in [-0.15, -0.1) is 0 Å². The molecule has 1 aliphatic heterocycles. The average Bonchev–Trinajstić information content (AvgIpc) is 2.75. The zero-order valence-corrected chi connectivity index (χ0v) is 11.1. The maximum Gasteiger partial charge on any atom is 0.0393 e. The highest BCUT2D eigenvalue weighted by Crippen LogP contribution is 2.19. The number of rotatable bonds is 4. The molecule has 2 rings (SSSR count). The quantitative estimate of drug-likeness (QED) is 0.866. The molecule has 2 heterocycles. The zero-order chi connectivity index (χ0) is 12.3. The van der Waals surface area contributed by atoms with E-state index in [-0.39, 0.29) is 0 Å². The van der Waals surface area contributed by atoms with Gasteiger partial charge in [0.05, 0.1) is 0 Å². The summed E-state index contributed by atoms with van der Waals surface area (Å²) >= 11 is 0. The van der Waals surface area contributed by atoms with E-state index < -0.39 is 0 Å². The van der Waals surface area contributed by atoms with Crippen LogP contribution in [-0.2, 0) is 0 Å². The standard InChI is InChI=1S/C14H23N3/c1-11(2)17-7-5-13(10-17)9-16-14-4-6-15-12(3)8-14/h4,6,8,11,13H,5,7,9-10H2,1-3H3,(H,15,16). The van der Waals surface area contributed by atoms with Gasteiger partial charge in [0.1, 0.15) is 0 Å². The summed E-state index contributed by atoms with van der Waals surface area (Å²) in [6, 6.07) is 4.83. The molecule has 0 bridgehead atoms. The first-order valence-corrected chi connectivity index (χ1v) is 6.55. The van der Waals surface area contributed by atoms with Crippen LogP contribution in [0.15, 0.2) is 18.3 Å². The predicted octanol–water partition coefficient (Wildman–Crippen LogP) is 2.53. The second-order valence-electron chi connectivity index (χ2n) is 5.31. The Hall–Kier alpha value is -1.09. The first kappa shape index (κ1) is 12.4. The normalized spacial score (nSPS) is 21.1. The fourth-order valence-electron chi connectivity index (χ4n) is 2.42. The molecule has 1 unspecified atom stereocenters. The Kier molecular flexibility index (Phi) is 4.00. The van der Waals surface area contributed by atoms with E-state index in [1.165, 1.54) is 25.2 Å². The molecule has 0 aliphatic carbocycles. The lowest BCUT2D eigenvalue weighted by molar-refractivity contribution is 0.266. The van der Waals surface area contributed by atoms with Crippen molar-refractivity contribution >= 4 is 5.69 Å². The number of nitrogens with zero attached hydrogens (tertiary/aromatic N) is 2. The van der Waals surface area contributed by atoms with Gasteiger partial charge in [-0.25, -0.2) is 0 Å². The van der Waals surface area contributed by atoms with Crippen LogP contribution < -0.4 is 5.32 Å². The van der Waals surface area contributed by atoms with Crippen LogP contribution >= 0.6 is 0 Å². The van der Waals surface area contributed by atoms with Gasteiger partial charge in [0.2, 0.25) is 0 Å². The van der Waals surface area contributed by atoms with Crippen molar-refractivity contribution in [2.24, 2.45) is 5.92 Å². The van der Waals surface area contributed by atoms with Gasteiger partial charge >= 0.3 is 0 Å². The largest absolute Gasteiger partial charge is 0.385 e. The summed E-state index contributed by atoms with van der Waals surface area (Å²) in [5.41, 5.74) is 2.27. The molecule has 1 N–H and O–H groups in total. The lowest BCUT2D eigenvalue weighted by atomic mass is 10.1. The van der Waals surface area contributed by atoms with E-state index in [1.807, 2.05) is 19.2 Å². The number of anilines is 1. The van der Waals surface area contributed by atoms with Gasteiger partial charge in [0.15, 0.2) is 0 Å². The third kappa shape index (κ3) is 3.43. The third-order valence-electron chi connectivity index (χ3n) is 3.54. The Labute approximate surface area is 104 Å². The summed E-state index contributed by atoms with van der Waals surface area (Å²) in [6.07, 6.45) is 3.18. The first-order valence-electron chi connectivity index (χ1n) is 6.55. The molecule has 0 saturated carbocycles. The van der Waals surface area contributed by atoms with Gasteiger partial charge < -0.3 is 10.2 Å². The third-order valence-corrected chi connectivity index (χ3v) is 3.54. The summed E-state index contributed by atoms with van der Waals surface area (Å²) in [7, 11) is 0. The topological polar surface area (TPSA) is 28.2 Å². The van der Waals surface area contributed by atoms with Gasteiger partial charge in [-0.05, 0) is 51.8 Å². The van der Waals surface area contributed by atoms with Crippen LogP contribution in [0.3, 0.4) is 0 Å². The van der Waals surface area contributed by atoms with Crippen LogP contribution in [0.2, 0.25) is 0 Å². The molecule has 3 heteroatoms. The highest BCUT2D eigenvalue weighted by atomic mass is 15.2. The van der Waals surface area contributed by atoms with Gasteiger partial charge in [-0.3, -0.25) is 4.98 Å². The van der Waals surface area contributed by atoms with E-state index in [1.54, 1.807) is 0 Å². The summed E-state index contributed by atoms with van der Waals surface area (Å²) < 4.78 is 0. The Bertz CT molecular complexity index is 362. The molecule has 1 saturated heterocycles. The second-order valence-corrected chi connectivity index (χ2v) is 5.31. The number of pyridine rings is 1. The summed E-state index contributed by atoms with van der Waals surface area (Å²) in [6.45, 7) is 10.1. The number of aryl methyl sites for hydroxylation is 1. The Morgan fingerprint density at radius 2 is 2.35 bits per heavy atom. The van der Waals surface area contributed by atoms with Crippen molar-refractivity contribution < 1.29 is 0 Å². The van der Waals surface area contributed by atoms with E-state index in [0.29, 0.717) is 6.04 Å². The SMILES string of the molecule is Cc1cc(NCC2CCN(C(C)C)C2)ccn1. The van der Waals surface area contributed by atoms with Crippen LogP contribution in [0, 0.1) is 12.8 Å². The number of likely N-dealkylation sites (tertiary alicyclic amines) is 1. The van der Waals surface area contributed by atoms with Crippen LogP contribution in [-0.4, -0.2) is 35.6 Å². The molecule has 94 valence electrons. The Balaban J connectivity index is 1.80. The minimum Gasteiger partial charge on any atom is -0.385 e. The highest BCUT2D eigenvalue weighted by Gasteiger charge is 2.23. The first-order chi connectivity index (χ1) is 8.15. The minimum atomic E-state index is 0.683. The molecule has 1 aromatic rings. The molecule has 1 aliphatic rings. The fourth-order valence-corrected chi connectivity index (χ4v) is 2.42. The van der Waals surface area contributed by atoms with Crippen molar-refractivity contribution in [3.8, 4) is 0 Å². The lowest BCUT2D eigenvalue weighted by Gasteiger charge is -2.20. The number of nitrogens with one attached hydrogen (secondary N) is 1. The molecular weight excluding hydrogens is 210 g/mol. The molecule has 3 nitrogen and oxygen atoms in total. The summed E-state index contributed by atoms with van der Waals surface area (Å²) in [5, 5.41) is 3.52. The van der Waals surface area contributed by atoms with Gasteiger partial charge in [0, 0.05) is 36.7 Å². The molecule has 0 radical (unpaired) electrons. The maximum absolute atomic E-state index is 4.21.